The summed E-state index contributed by atoms with van der Waals surface area (Å²) < 4.78 is 10.7. The molecule has 0 unspecified atom stereocenters. The van der Waals surface area contributed by atoms with Crippen molar-refractivity contribution in [3.63, 3.8) is 0 Å². The van der Waals surface area contributed by atoms with Crippen LogP contribution in [0.3, 0.4) is 0 Å². The number of phenols is 1. The Morgan fingerprint density at radius 2 is 1.71 bits per heavy atom. The van der Waals surface area contributed by atoms with Gasteiger partial charge < -0.3 is 14.6 Å². The van der Waals surface area contributed by atoms with Gasteiger partial charge in [0.1, 0.15) is 28.2 Å². The maximum atomic E-state index is 10.9. The highest BCUT2D eigenvalue weighted by Crippen LogP contribution is 2.26. The molecule has 1 heterocycles. The highest BCUT2D eigenvalue weighted by molar-refractivity contribution is 5.81. The summed E-state index contributed by atoms with van der Waals surface area (Å²) in [6.07, 6.45) is 4.80. The third-order valence-corrected chi connectivity index (χ3v) is 4.17. The molecule has 0 aliphatic rings. The van der Waals surface area contributed by atoms with E-state index in [1.807, 2.05) is 24.3 Å². The molecule has 0 amide bonds. The second kappa shape index (κ2) is 9.55. The van der Waals surface area contributed by atoms with E-state index in [1.165, 1.54) is 10.9 Å². The first-order chi connectivity index (χ1) is 13.7. The molecular weight excluding hydrogens is 358 g/mol. The lowest BCUT2D eigenvalue weighted by Crippen LogP contribution is -2.03. The molecule has 3 aromatic rings. The number of phenolic OH excluding ortho intramolecular Hbond substituents is 1. The number of nitrogens with zero attached hydrogens (tertiary/aromatic N) is 3. The standard InChI is InChI=1S/C21H23N3O4/c1-2-21(26)28-14-8-4-3-7-13-27-16-11-12-20(25)19(15-16)24-22-17-9-5-6-10-18(17)23-24/h2,5-6,9-12,15,25H,1,3-4,7-8,13-14H2. The van der Waals surface area contributed by atoms with Crippen LogP contribution in [0.2, 0.25) is 0 Å². The number of aromatic nitrogens is 3. The minimum atomic E-state index is -0.383. The summed E-state index contributed by atoms with van der Waals surface area (Å²) in [5.41, 5.74) is 1.98. The van der Waals surface area contributed by atoms with E-state index in [-0.39, 0.29) is 11.7 Å². The molecule has 28 heavy (non-hydrogen) atoms. The van der Waals surface area contributed by atoms with Crippen LogP contribution in [0.5, 0.6) is 11.5 Å². The molecule has 0 bridgehead atoms. The molecule has 0 aliphatic heterocycles. The predicted molar refractivity (Wildman–Crippen MR) is 106 cm³/mol. The van der Waals surface area contributed by atoms with Gasteiger partial charge in [0.15, 0.2) is 0 Å². The molecule has 146 valence electrons. The number of hydrogen-bond acceptors (Lipinski definition) is 6. The van der Waals surface area contributed by atoms with Gasteiger partial charge in [0.05, 0.1) is 13.2 Å². The Balaban J connectivity index is 1.48. The van der Waals surface area contributed by atoms with Gasteiger partial charge >= 0.3 is 5.97 Å². The van der Waals surface area contributed by atoms with Crippen LogP contribution >= 0.6 is 0 Å². The Kier molecular flexibility index (Phi) is 6.62. The van der Waals surface area contributed by atoms with Crippen LogP contribution in [0.15, 0.2) is 55.1 Å². The van der Waals surface area contributed by atoms with E-state index in [4.69, 9.17) is 9.47 Å². The molecule has 1 N–H and O–H groups in total. The van der Waals surface area contributed by atoms with Crippen LogP contribution in [-0.4, -0.2) is 39.3 Å². The van der Waals surface area contributed by atoms with E-state index < -0.39 is 0 Å². The second-order valence-corrected chi connectivity index (χ2v) is 6.26. The number of aromatic hydroxyl groups is 1. The summed E-state index contributed by atoms with van der Waals surface area (Å²) in [7, 11) is 0. The van der Waals surface area contributed by atoms with Crippen molar-refractivity contribution in [2.24, 2.45) is 0 Å². The van der Waals surface area contributed by atoms with Crippen molar-refractivity contribution in [2.75, 3.05) is 13.2 Å². The number of rotatable bonds is 10. The van der Waals surface area contributed by atoms with Gasteiger partial charge in [-0.3, -0.25) is 0 Å². The monoisotopic (exact) mass is 381 g/mol. The van der Waals surface area contributed by atoms with Gasteiger partial charge in [-0.05, 0) is 49.9 Å². The summed E-state index contributed by atoms with van der Waals surface area (Å²) in [5, 5.41) is 18.9. The second-order valence-electron chi connectivity index (χ2n) is 6.26. The van der Waals surface area contributed by atoms with Crippen LogP contribution in [0.1, 0.15) is 25.7 Å². The van der Waals surface area contributed by atoms with E-state index >= 15 is 0 Å². The molecule has 2 aromatic carbocycles. The fourth-order valence-electron chi connectivity index (χ4n) is 2.70. The molecule has 7 heteroatoms. The van der Waals surface area contributed by atoms with Crippen molar-refractivity contribution >= 4 is 17.0 Å². The van der Waals surface area contributed by atoms with Gasteiger partial charge in [0.2, 0.25) is 0 Å². The topological polar surface area (TPSA) is 86.5 Å². The Labute approximate surface area is 163 Å². The highest BCUT2D eigenvalue weighted by Gasteiger charge is 2.10. The van der Waals surface area contributed by atoms with Crippen molar-refractivity contribution in [3.8, 4) is 17.2 Å². The Bertz CT molecular complexity index is 919. The summed E-state index contributed by atoms with van der Waals surface area (Å²) in [6, 6.07) is 12.5. The zero-order valence-electron chi connectivity index (χ0n) is 15.6. The Hall–Kier alpha value is -3.35. The molecule has 0 fully saturated rings. The molecule has 0 saturated carbocycles. The zero-order chi connectivity index (χ0) is 19.8. The minimum Gasteiger partial charge on any atom is -0.506 e. The number of hydrogen-bond donors (Lipinski definition) is 1. The molecule has 0 saturated heterocycles. The molecule has 1 aromatic heterocycles. The van der Waals surface area contributed by atoms with Crippen LogP contribution in [0.4, 0.5) is 0 Å². The summed E-state index contributed by atoms with van der Waals surface area (Å²) in [6.45, 7) is 4.33. The number of benzene rings is 2. The highest BCUT2D eigenvalue weighted by atomic mass is 16.5. The first-order valence-corrected chi connectivity index (χ1v) is 9.25. The lowest BCUT2D eigenvalue weighted by atomic mass is 10.2. The lowest BCUT2D eigenvalue weighted by Gasteiger charge is -2.09. The predicted octanol–water partition coefficient (Wildman–Crippen LogP) is 3.79. The zero-order valence-corrected chi connectivity index (χ0v) is 15.6. The van der Waals surface area contributed by atoms with Gasteiger partial charge in [-0.15, -0.1) is 15.0 Å². The minimum absolute atomic E-state index is 0.0849. The molecule has 0 atom stereocenters. The fraction of sp³-hybridized carbons (Fsp3) is 0.286. The molecular formula is C21H23N3O4. The third-order valence-electron chi connectivity index (χ3n) is 4.17. The van der Waals surface area contributed by atoms with E-state index in [2.05, 4.69) is 16.8 Å². The van der Waals surface area contributed by atoms with Crippen molar-refractivity contribution in [1.29, 1.82) is 0 Å². The molecule has 0 aliphatic carbocycles. The van der Waals surface area contributed by atoms with E-state index in [9.17, 15) is 9.90 Å². The number of carbonyl (C=O) groups is 1. The molecule has 7 nitrogen and oxygen atoms in total. The maximum absolute atomic E-state index is 10.9. The van der Waals surface area contributed by atoms with Crippen molar-refractivity contribution < 1.29 is 19.4 Å². The molecule has 0 radical (unpaired) electrons. The van der Waals surface area contributed by atoms with E-state index in [1.54, 1.807) is 18.2 Å². The fourth-order valence-corrected chi connectivity index (χ4v) is 2.70. The van der Waals surface area contributed by atoms with Gasteiger partial charge in [0.25, 0.3) is 0 Å². The number of fused-ring (bicyclic) bond motifs is 1. The van der Waals surface area contributed by atoms with Gasteiger partial charge in [-0.1, -0.05) is 18.7 Å². The lowest BCUT2D eigenvalue weighted by molar-refractivity contribution is -0.137. The number of carbonyl (C=O) groups excluding carboxylic acids is 1. The number of unbranched alkanes of at least 4 members (excludes halogenated alkanes) is 3. The number of esters is 1. The Morgan fingerprint density at radius 1 is 1.04 bits per heavy atom. The molecule has 3 rings (SSSR count). The van der Waals surface area contributed by atoms with Crippen LogP contribution < -0.4 is 4.74 Å². The van der Waals surface area contributed by atoms with Crippen molar-refractivity contribution in [1.82, 2.24) is 15.0 Å². The van der Waals surface area contributed by atoms with Crippen molar-refractivity contribution in [3.05, 3.63) is 55.1 Å². The summed E-state index contributed by atoms with van der Waals surface area (Å²) in [4.78, 5) is 12.3. The molecule has 0 spiro atoms. The number of ether oxygens (including phenoxy) is 2. The van der Waals surface area contributed by atoms with Gasteiger partial charge in [-0.25, -0.2) is 4.79 Å². The van der Waals surface area contributed by atoms with Crippen LogP contribution in [0, 0.1) is 0 Å². The summed E-state index contributed by atoms with van der Waals surface area (Å²) in [5.74, 6) is 0.349. The van der Waals surface area contributed by atoms with Gasteiger partial charge in [0, 0.05) is 12.1 Å². The Morgan fingerprint density at radius 3 is 2.39 bits per heavy atom. The summed E-state index contributed by atoms with van der Waals surface area (Å²) >= 11 is 0. The van der Waals surface area contributed by atoms with E-state index in [0.717, 1.165) is 36.7 Å². The smallest absolute Gasteiger partial charge is 0.330 e. The quantitative estimate of drug-likeness (QED) is 0.327. The first kappa shape index (κ1) is 19.4. The normalized spacial score (nSPS) is 10.7. The first-order valence-electron chi connectivity index (χ1n) is 9.25. The average Bonchev–Trinajstić information content (AvgIpc) is 3.14. The van der Waals surface area contributed by atoms with Crippen molar-refractivity contribution in [2.45, 2.75) is 25.7 Å². The average molecular weight is 381 g/mol. The maximum Gasteiger partial charge on any atom is 0.330 e. The van der Waals surface area contributed by atoms with E-state index in [0.29, 0.717) is 24.7 Å². The van der Waals surface area contributed by atoms with Crippen LogP contribution in [0.25, 0.3) is 16.7 Å². The largest absolute Gasteiger partial charge is 0.506 e. The SMILES string of the molecule is C=CC(=O)OCCCCCCOc1ccc(O)c(-n2nc3ccccc3n2)c1. The van der Waals surface area contributed by atoms with Gasteiger partial charge in [-0.2, -0.15) is 0 Å². The van der Waals surface area contributed by atoms with Crippen LogP contribution in [-0.2, 0) is 9.53 Å². The third kappa shape index (κ3) is 5.09.